The average molecular weight is 1210 g/mol. The third kappa shape index (κ3) is 70.9. The molecule has 0 aliphatic heterocycles. The fourth-order valence-corrected chi connectivity index (χ4v) is 12.1. The number of amides is 1. The smallest absolute Gasteiger partial charge is 0.305 e. The van der Waals surface area contributed by atoms with Crippen molar-refractivity contribution < 1.29 is 24.5 Å². The van der Waals surface area contributed by atoms with Crippen LogP contribution in [0, 0.1) is 0 Å². The first-order valence-electron chi connectivity index (χ1n) is 38.9. The number of nitrogens with one attached hydrogen (secondary N) is 1. The van der Waals surface area contributed by atoms with E-state index in [2.05, 4.69) is 55.6 Å². The second kappa shape index (κ2) is 75.3. The largest absolute Gasteiger partial charge is 0.466 e. The Kier molecular flexibility index (Phi) is 73.4. The van der Waals surface area contributed by atoms with E-state index in [1.54, 1.807) is 6.08 Å². The molecular formula is C80H151NO5. The molecule has 1 amide bonds. The van der Waals surface area contributed by atoms with Crippen LogP contribution in [0.3, 0.4) is 0 Å². The van der Waals surface area contributed by atoms with Crippen molar-refractivity contribution >= 4 is 11.9 Å². The zero-order valence-corrected chi connectivity index (χ0v) is 58.1. The van der Waals surface area contributed by atoms with Crippen LogP contribution in [0.2, 0.25) is 0 Å². The maximum absolute atomic E-state index is 12.5. The number of carbonyl (C=O) groups is 2. The lowest BCUT2D eigenvalue weighted by Crippen LogP contribution is -2.45. The lowest BCUT2D eigenvalue weighted by atomic mass is 10.0. The fraction of sp³-hybridized carbons (Fsp3) is 0.875. The van der Waals surface area contributed by atoms with Crippen LogP contribution in [0.5, 0.6) is 0 Å². The van der Waals surface area contributed by atoms with Gasteiger partial charge in [-0.2, -0.15) is 0 Å². The molecule has 0 aliphatic carbocycles. The molecule has 0 fully saturated rings. The van der Waals surface area contributed by atoms with E-state index in [0.29, 0.717) is 19.4 Å². The van der Waals surface area contributed by atoms with Gasteiger partial charge >= 0.3 is 5.97 Å². The lowest BCUT2D eigenvalue weighted by Gasteiger charge is -2.20. The van der Waals surface area contributed by atoms with Gasteiger partial charge in [-0.05, 0) is 83.5 Å². The van der Waals surface area contributed by atoms with E-state index in [9.17, 15) is 19.8 Å². The molecule has 0 aromatic rings. The van der Waals surface area contributed by atoms with Crippen LogP contribution in [0.25, 0.3) is 0 Å². The molecule has 0 saturated heterocycles. The van der Waals surface area contributed by atoms with Crippen LogP contribution in [-0.4, -0.2) is 47.4 Å². The first kappa shape index (κ1) is 83.8. The minimum absolute atomic E-state index is 0.00566. The molecule has 86 heavy (non-hydrogen) atoms. The predicted molar refractivity (Wildman–Crippen MR) is 379 cm³/mol. The summed E-state index contributed by atoms with van der Waals surface area (Å²) in [6.45, 7) is 4.90. The van der Waals surface area contributed by atoms with Gasteiger partial charge in [0.05, 0.1) is 25.4 Å². The summed E-state index contributed by atoms with van der Waals surface area (Å²) in [5.41, 5.74) is 0. The third-order valence-electron chi connectivity index (χ3n) is 18.1. The Hall–Kier alpha value is -2.18. The number of hydrogen-bond acceptors (Lipinski definition) is 5. The van der Waals surface area contributed by atoms with Gasteiger partial charge in [-0.1, -0.05) is 377 Å². The van der Waals surface area contributed by atoms with Crippen molar-refractivity contribution in [2.75, 3.05) is 13.2 Å². The number of ether oxygens (including phenoxy) is 1. The minimum atomic E-state index is -0.845. The topological polar surface area (TPSA) is 95.9 Å². The lowest BCUT2D eigenvalue weighted by molar-refractivity contribution is -0.143. The van der Waals surface area contributed by atoms with E-state index < -0.39 is 12.1 Å². The molecule has 2 atom stereocenters. The van der Waals surface area contributed by atoms with Gasteiger partial charge in [-0.3, -0.25) is 9.59 Å². The molecule has 506 valence electrons. The highest BCUT2D eigenvalue weighted by Crippen LogP contribution is 2.19. The van der Waals surface area contributed by atoms with Gasteiger partial charge in [0.2, 0.25) is 5.91 Å². The van der Waals surface area contributed by atoms with E-state index in [1.165, 1.54) is 347 Å². The van der Waals surface area contributed by atoms with Crippen molar-refractivity contribution in [3.8, 4) is 0 Å². The van der Waals surface area contributed by atoms with Crippen molar-refractivity contribution in [1.29, 1.82) is 0 Å². The number of aliphatic hydroxyl groups excluding tert-OH is 2. The van der Waals surface area contributed by atoms with Gasteiger partial charge in [0.1, 0.15) is 0 Å². The highest BCUT2D eigenvalue weighted by molar-refractivity contribution is 5.76. The SMILES string of the molecule is CCCC/C=C\CCCCCCCC(=O)OCCCCCCCCCCCCC/C=C\C/C=C\CCCCCCCCCCCCCCCCCCCC(=O)NC(CO)C(O)/C=C/CCCCCCCCCCCCCCCCCCCCCCC. The zero-order valence-electron chi connectivity index (χ0n) is 58.1. The Labute approximate surface area is 537 Å². The molecule has 0 aromatic carbocycles. The van der Waals surface area contributed by atoms with E-state index >= 15 is 0 Å². The molecule has 0 bridgehead atoms. The number of hydrogen-bond donors (Lipinski definition) is 3. The quantitative estimate of drug-likeness (QED) is 0.0320. The van der Waals surface area contributed by atoms with E-state index in [4.69, 9.17) is 4.74 Å². The molecule has 0 aliphatic rings. The molecule has 0 rings (SSSR count). The van der Waals surface area contributed by atoms with Gasteiger partial charge in [-0.25, -0.2) is 0 Å². The molecule has 2 unspecified atom stereocenters. The van der Waals surface area contributed by atoms with Crippen molar-refractivity contribution in [3.63, 3.8) is 0 Å². The monoisotopic (exact) mass is 1210 g/mol. The second-order valence-electron chi connectivity index (χ2n) is 26.7. The average Bonchev–Trinajstić information content (AvgIpc) is 3.61. The first-order chi connectivity index (χ1) is 42.5. The summed E-state index contributed by atoms with van der Waals surface area (Å²) in [5.74, 6) is -0.0556. The van der Waals surface area contributed by atoms with Gasteiger partial charge in [-0.15, -0.1) is 0 Å². The van der Waals surface area contributed by atoms with E-state index in [0.717, 1.165) is 51.4 Å². The highest BCUT2D eigenvalue weighted by Gasteiger charge is 2.18. The standard InChI is InChI=1S/C80H151NO5/c1-3-5-7-9-11-13-15-16-17-18-19-20-34-37-40-43-46-49-53-56-60-64-68-72-78(83)77(76-82)81-79(84)73-69-65-61-57-54-50-47-44-41-38-35-32-30-28-26-24-22-21-23-25-27-29-31-33-36-39-42-45-48-51-55-59-63-67-71-75-86-80(85)74-70-66-62-58-52-14-12-10-8-6-4-2/h10,12,23,25,29,31,68,72,77-78,82-83H,3-9,11,13-22,24,26-28,30,32-67,69-71,73-76H2,1-2H3,(H,81,84)/b12-10-,25-23-,31-29-,72-68+. The Bertz CT molecular complexity index is 1440. The number of carbonyl (C=O) groups excluding carboxylic acids is 2. The number of aliphatic hydroxyl groups is 2. The number of unbranched alkanes of at least 4 members (excludes halogenated alkanes) is 56. The summed E-state index contributed by atoms with van der Waals surface area (Å²) in [5, 5.41) is 23.3. The number of esters is 1. The van der Waals surface area contributed by atoms with Crippen molar-refractivity contribution in [2.45, 2.75) is 437 Å². The third-order valence-corrected chi connectivity index (χ3v) is 18.1. The van der Waals surface area contributed by atoms with Crippen molar-refractivity contribution in [1.82, 2.24) is 5.32 Å². The minimum Gasteiger partial charge on any atom is -0.466 e. The molecule has 0 heterocycles. The number of rotatable bonds is 73. The summed E-state index contributed by atoms with van der Waals surface area (Å²) < 4.78 is 5.47. The molecule has 0 spiro atoms. The second-order valence-corrected chi connectivity index (χ2v) is 26.7. The Morgan fingerprint density at radius 3 is 0.930 bits per heavy atom. The van der Waals surface area contributed by atoms with E-state index in [1.807, 2.05) is 6.08 Å². The van der Waals surface area contributed by atoms with Gasteiger partial charge in [0.25, 0.3) is 0 Å². The van der Waals surface area contributed by atoms with Gasteiger partial charge < -0.3 is 20.3 Å². The summed E-state index contributed by atoms with van der Waals surface area (Å²) in [4.78, 5) is 24.6. The van der Waals surface area contributed by atoms with Gasteiger partial charge in [0, 0.05) is 12.8 Å². The molecule has 3 N–H and O–H groups in total. The molecule has 0 aromatic heterocycles. The van der Waals surface area contributed by atoms with Gasteiger partial charge in [0.15, 0.2) is 0 Å². The zero-order chi connectivity index (χ0) is 62.0. The summed E-state index contributed by atoms with van der Waals surface area (Å²) in [6.07, 6.45) is 99.5. The Morgan fingerprint density at radius 2 is 0.593 bits per heavy atom. The van der Waals surface area contributed by atoms with Crippen LogP contribution < -0.4 is 5.32 Å². The highest BCUT2D eigenvalue weighted by atomic mass is 16.5. The molecule has 0 radical (unpaired) electrons. The molecule has 6 heteroatoms. The predicted octanol–water partition coefficient (Wildman–Crippen LogP) is 25.6. The summed E-state index contributed by atoms with van der Waals surface area (Å²) >= 11 is 0. The number of allylic oxidation sites excluding steroid dienone is 7. The Balaban J connectivity index is 3.40. The molecule has 0 saturated carbocycles. The van der Waals surface area contributed by atoms with Crippen molar-refractivity contribution in [2.24, 2.45) is 0 Å². The van der Waals surface area contributed by atoms with Crippen LogP contribution >= 0.6 is 0 Å². The van der Waals surface area contributed by atoms with Crippen LogP contribution in [-0.2, 0) is 14.3 Å². The van der Waals surface area contributed by atoms with Crippen LogP contribution in [0.15, 0.2) is 48.6 Å². The molecular weight excluding hydrogens is 1050 g/mol. The van der Waals surface area contributed by atoms with Crippen LogP contribution in [0.1, 0.15) is 425 Å². The maximum Gasteiger partial charge on any atom is 0.305 e. The maximum atomic E-state index is 12.5. The first-order valence-corrected chi connectivity index (χ1v) is 38.9. The van der Waals surface area contributed by atoms with Crippen molar-refractivity contribution in [3.05, 3.63) is 48.6 Å². The van der Waals surface area contributed by atoms with Crippen LogP contribution in [0.4, 0.5) is 0 Å². The normalized spacial score (nSPS) is 12.7. The molecule has 6 nitrogen and oxygen atoms in total. The summed E-state index contributed by atoms with van der Waals surface area (Å²) in [6, 6.07) is -0.628. The summed E-state index contributed by atoms with van der Waals surface area (Å²) in [7, 11) is 0. The fourth-order valence-electron chi connectivity index (χ4n) is 12.1. The van der Waals surface area contributed by atoms with E-state index in [-0.39, 0.29) is 18.5 Å². The Morgan fingerprint density at radius 1 is 0.326 bits per heavy atom.